The third kappa shape index (κ3) is 8.49. The number of hydrogen-bond donors (Lipinski definition) is 4. The number of amides is 1. The van der Waals surface area contributed by atoms with E-state index in [1.54, 1.807) is 18.2 Å². The molecule has 0 saturated heterocycles. The van der Waals surface area contributed by atoms with Gasteiger partial charge in [-0.1, -0.05) is 32.0 Å². The summed E-state index contributed by atoms with van der Waals surface area (Å²) >= 11 is 0. The van der Waals surface area contributed by atoms with Crippen molar-refractivity contribution in [2.75, 3.05) is 6.54 Å². The summed E-state index contributed by atoms with van der Waals surface area (Å²) in [4.78, 5) is 27.8. The van der Waals surface area contributed by atoms with Crippen LogP contribution in [0.1, 0.15) is 33.1 Å². The number of aldehydes is 1. The Kier molecular flexibility index (Phi) is 9.60. The Morgan fingerprint density at radius 2 is 1.86 bits per heavy atom. The molecule has 1 aromatic carbocycles. The van der Waals surface area contributed by atoms with Gasteiger partial charge in [0, 0.05) is 6.54 Å². The summed E-state index contributed by atoms with van der Waals surface area (Å²) < 4.78 is 27.6. The van der Waals surface area contributed by atoms with E-state index in [1.165, 1.54) is 12.1 Å². The molecule has 0 unspecified atom stereocenters. The Balaban J connectivity index is 2.81. The van der Waals surface area contributed by atoms with E-state index >= 15 is 0 Å². The van der Waals surface area contributed by atoms with Gasteiger partial charge in [-0.05, 0) is 37.3 Å². The van der Waals surface area contributed by atoms with Gasteiger partial charge in [-0.3, -0.25) is 9.79 Å². The van der Waals surface area contributed by atoms with E-state index < -0.39 is 28.0 Å². The molecule has 28 heavy (non-hydrogen) atoms. The predicted molar refractivity (Wildman–Crippen MR) is 108 cm³/mol. The number of carbonyl (C=O) groups is 2. The van der Waals surface area contributed by atoms with Crippen molar-refractivity contribution in [2.24, 2.45) is 22.4 Å². The number of benzene rings is 1. The van der Waals surface area contributed by atoms with Crippen LogP contribution in [0.25, 0.3) is 0 Å². The molecule has 0 heterocycles. The molecule has 0 aliphatic rings. The molecule has 6 N–H and O–H groups in total. The maximum Gasteiger partial charge on any atom is 0.241 e. The summed E-state index contributed by atoms with van der Waals surface area (Å²) in [5, 5.41) is 2.59. The fourth-order valence-corrected chi connectivity index (χ4v) is 3.74. The molecule has 0 aromatic heterocycles. The molecule has 0 spiro atoms. The number of guanidine groups is 1. The molecule has 2 atom stereocenters. The van der Waals surface area contributed by atoms with Crippen LogP contribution in [0.2, 0.25) is 0 Å². The second-order valence-electron chi connectivity index (χ2n) is 6.82. The third-order valence-corrected chi connectivity index (χ3v) is 5.32. The van der Waals surface area contributed by atoms with Crippen LogP contribution in [-0.2, 0) is 19.6 Å². The lowest BCUT2D eigenvalue weighted by atomic mass is 10.0. The van der Waals surface area contributed by atoms with E-state index in [-0.39, 0.29) is 23.2 Å². The highest BCUT2D eigenvalue weighted by Crippen LogP contribution is 2.12. The van der Waals surface area contributed by atoms with Crippen LogP contribution in [0.15, 0.2) is 40.2 Å². The van der Waals surface area contributed by atoms with E-state index in [2.05, 4.69) is 15.0 Å². The van der Waals surface area contributed by atoms with Crippen LogP contribution in [-0.4, -0.2) is 45.2 Å². The zero-order valence-electron chi connectivity index (χ0n) is 16.2. The Hall–Kier alpha value is -2.46. The first kappa shape index (κ1) is 23.6. The SMILES string of the molecule is CC(C)C[C@H](NS(=O)(=O)c1ccccc1)C(=O)N[C@H](C=O)CCCN=C(N)N. The average Bonchev–Trinajstić information content (AvgIpc) is 2.63. The van der Waals surface area contributed by atoms with E-state index in [4.69, 9.17) is 11.5 Å². The number of nitrogens with one attached hydrogen (secondary N) is 2. The summed E-state index contributed by atoms with van der Waals surface area (Å²) in [5.41, 5.74) is 10.5. The molecule has 0 radical (unpaired) electrons. The van der Waals surface area contributed by atoms with Crippen molar-refractivity contribution in [2.45, 2.75) is 50.1 Å². The van der Waals surface area contributed by atoms with Gasteiger partial charge in [0.2, 0.25) is 15.9 Å². The number of nitrogens with zero attached hydrogens (tertiary/aromatic N) is 1. The van der Waals surface area contributed by atoms with Crippen molar-refractivity contribution >= 4 is 28.2 Å². The first-order valence-electron chi connectivity index (χ1n) is 9.04. The number of hydrogen-bond acceptors (Lipinski definition) is 5. The van der Waals surface area contributed by atoms with Crippen LogP contribution in [0.3, 0.4) is 0 Å². The van der Waals surface area contributed by atoms with Crippen molar-refractivity contribution in [3.8, 4) is 0 Å². The minimum absolute atomic E-state index is 0.0426. The number of nitrogens with two attached hydrogens (primary N) is 2. The lowest BCUT2D eigenvalue weighted by molar-refractivity contribution is -0.125. The summed E-state index contributed by atoms with van der Waals surface area (Å²) in [5.74, 6) is -0.531. The molecular weight excluding hydrogens is 382 g/mol. The standard InChI is InChI=1S/C18H29N5O4S/c1-13(2)11-16(23-28(26,27)15-8-4-3-5-9-15)17(25)22-14(12-24)7-6-10-21-18(19)20/h3-5,8-9,12-14,16,23H,6-7,10-11H2,1-2H3,(H,22,25)(H4,19,20,21)/t14-,16-/m0/s1. The molecule has 10 heteroatoms. The topological polar surface area (TPSA) is 157 Å². The van der Waals surface area contributed by atoms with Crippen molar-refractivity contribution in [3.05, 3.63) is 30.3 Å². The van der Waals surface area contributed by atoms with Crippen LogP contribution < -0.4 is 21.5 Å². The Bertz CT molecular complexity index is 761. The zero-order chi connectivity index (χ0) is 21.2. The lowest BCUT2D eigenvalue weighted by Gasteiger charge is -2.22. The summed E-state index contributed by atoms with van der Waals surface area (Å²) in [6, 6.07) is 6.06. The summed E-state index contributed by atoms with van der Waals surface area (Å²) in [6.45, 7) is 4.09. The highest BCUT2D eigenvalue weighted by molar-refractivity contribution is 7.89. The van der Waals surface area contributed by atoms with E-state index in [9.17, 15) is 18.0 Å². The van der Waals surface area contributed by atoms with Crippen molar-refractivity contribution in [1.29, 1.82) is 0 Å². The lowest BCUT2D eigenvalue weighted by Crippen LogP contribution is -2.50. The first-order valence-corrected chi connectivity index (χ1v) is 10.5. The van der Waals surface area contributed by atoms with Gasteiger partial charge < -0.3 is 21.6 Å². The van der Waals surface area contributed by atoms with Crippen LogP contribution >= 0.6 is 0 Å². The van der Waals surface area contributed by atoms with E-state index in [0.29, 0.717) is 25.7 Å². The van der Waals surface area contributed by atoms with Gasteiger partial charge in [0.25, 0.3) is 0 Å². The molecule has 1 amide bonds. The maximum atomic E-state index is 12.6. The van der Waals surface area contributed by atoms with Crippen molar-refractivity contribution in [1.82, 2.24) is 10.0 Å². The van der Waals surface area contributed by atoms with Gasteiger partial charge in [0.15, 0.2) is 5.96 Å². The van der Waals surface area contributed by atoms with Crippen molar-refractivity contribution in [3.63, 3.8) is 0 Å². The number of sulfonamides is 1. The molecular formula is C18H29N5O4S. The summed E-state index contributed by atoms with van der Waals surface area (Å²) in [6.07, 6.45) is 1.74. The third-order valence-electron chi connectivity index (χ3n) is 3.83. The smallest absolute Gasteiger partial charge is 0.241 e. The number of aliphatic imine (C=N–C) groups is 1. The van der Waals surface area contributed by atoms with Gasteiger partial charge >= 0.3 is 0 Å². The van der Waals surface area contributed by atoms with Gasteiger partial charge in [0.1, 0.15) is 12.3 Å². The van der Waals surface area contributed by atoms with E-state index in [0.717, 1.165) is 0 Å². The second-order valence-corrected chi connectivity index (χ2v) is 8.53. The summed E-state index contributed by atoms with van der Waals surface area (Å²) in [7, 11) is -3.87. The van der Waals surface area contributed by atoms with Gasteiger partial charge in [-0.25, -0.2) is 8.42 Å². The van der Waals surface area contributed by atoms with Gasteiger partial charge in [0.05, 0.1) is 10.9 Å². The molecule has 0 saturated carbocycles. The van der Waals surface area contributed by atoms with E-state index in [1.807, 2.05) is 13.8 Å². The normalized spacial score (nSPS) is 13.5. The Labute approximate surface area is 166 Å². The predicted octanol–water partition coefficient (Wildman–Crippen LogP) is 0.117. The molecule has 1 rings (SSSR count). The number of rotatable bonds is 12. The molecule has 0 fully saturated rings. The minimum Gasteiger partial charge on any atom is -0.370 e. The monoisotopic (exact) mass is 411 g/mol. The average molecular weight is 412 g/mol. The largest absolute Gasteiger partial charge is 0.370 e. The van der Waals surface area contributed by atoms with Gasteiger partial charge in [-0.15, -0.1) is 0 Å². The zero-order valence-corrected chi connectivity index (χ0v) is 17.0. The fraction of sp³-hybridized carbons (Fsp3) is 0.500. The second kappa shape index (κ2) is 11.4. The van der Waals surface area contributed by atoms with Crippen LogP contribution in [0, 0.1) is 5.92 Å². The Morgan fingerprint density at radius 3 is 2.39 bits per heavy atom. The van der Waals surface area contributed by atoms with Crippen LogP contribution in [0.4, 0.5) is 0 Å². The molecule has 9 nitrogen and oxygen atoms in total. The molecule has 0 aliphatic carbocycles. The van der Waals surface area contributed by atoms with Crippen molar-refractivity contribution < 1.29 is 18.0 Å². The highest BCUT2D eigenvalue weighted by atomic mass is 32.2. The van der Waals surface area contributed by atoms with Gasteiger partial charge in [-0.2, -0.15) is 4.72 Å². The molecule has 0 bridgehead atoms. The molecule has 1 aromatic rings. The maximum absolute atomic E-state index is 12.6. The highest BCUT2D eigenvalue weighted by Gasteiger charge is 2.27. The first-order chi connectivity index (χ1) is 13.2. The quantitative estimate of drug-likeness (QED) is 0.166. The van der Waals surface area contributed by atoms with Crippen LogP contribution in [0.5, 0.6) is 0 Å². The number of carbonyl (C=O) groups excluding carboxylic acids is 2. The molecule has 0 aliphatic heterocycles. The molecule has 156 valence electrons. The fourth-order valence-electron chi connectivity index (χ4n) is 2.51. The Morgan fingerprint density at radius 1 is 1.21 bits per heavy atom. The minimum atomic E-state index is -3.87.